The van der Waals surface area contributed by atoms with Crippen molar-refractivity contribution in [1.82, 2.24) is 4.72 Å². The van der Waals surface area contributed by atoms with Crippen LogP contribution in [-0.2, 0) is 10.0 Å². The maximum atomic E-state index is 12.7. The summed E-state index contributed by atoms with van der Waals surface area (Å²) in [6.45, 7) is 0.351. The summed E-state index contributed by atoms with van der Waals surface area (Å²) >= 11 is 2.98. The van der Waals surface area contributed by atoms with E-state index >= 15 is 0 Å². The van der Waals surface area contributed by atoms with Crippen LogP contribution in [0.3, 0.4) is 0 Å². The Hall–Kier alpha value is -0.210. The van der Waals surface area contributed by atoms with E-state index in [1.807, 2.05) is 0 Å². The van der Waals surface area contributed by atoms with Gasteiger partial charge in [-0.25, -0.2) is 17.5 Å². The zero-order chi connectivity index (χ0) is 11.5. The minimum absolute atomic E-state index is 0. The Morgan fingerprint density at radius 2 is 2.06 bits per heavy atom. The summed E-state index contributed by atoms with van der Waals surface area (Å²) in [4.78, 5) is -0.00245. The minimum Gasteiger partial charge on any atom is -0.329 e. The largest absolute Gasteiger partial charge is 0.329 e. The van der Waals surface area contributed by atoms with Crippen molar-refractivity contribution in [3.8, 4) is 0 Å². The molecule has 3 N–H and O–H groups in total. The highest BCUT2D eigenvalue weighted by atomic mass is 79.9. The molecule has 16 heavy (non-hydrogen) atoms. The molecule has 0 bridgehead atoms. The zero-order valence-electron chi connectivity index (χ0n) is 8.11. The molecule has 0 atom stereocenters. The summed E-state index contributed by atoms with van der Waals surface area (Å²) in [5.41, 5.74) is 5.18. The number of hydrogen-bond donors (Lipinski definition) is 2. The number of nitrogens with one attached hydrogen (secondary N) is 1. The number of rotatable bonds is 4. The molecule has 0 radical (unpaired) electrons. The van der Waals surface area contributed by atoms with Gasteiger partial charge in [0.25, 0.3) is 0 Å². The van der Waals surface area contributed by atoms with Crippen LogP contribution >= 0.6 is 28.3 Å². The molecule has 0 amide bonds. The summed E-state index contributed by atoms with van der Waals surface area (Å²) in [5.74, 6) is -0.500. The van der Waals surface area contributed by atoms with Gasteiger partial charge < -0.3 is 5.73 Å². The minimum atomic E-state index is -3.61. The molecule has 1 aromatic carbocycles. The fourth-order valence-electron chi connectivity index (χ4n) is 0.964. The van der Waals surface area contributed by atoms with Crippen molar-refractivity contribution in [2.24, 2.45) is 5.73 Å². The van der Waals surface area contributed by atoms with Gasteiger partial charge in [0.1, 0.15) is 5.82 Å². The lowest BCUT2D eigenvalue weighted by atomic mass is 10.3. The molecule has 0 spiro atoms. The summed E-state index contributed by atoms with van der Waals surface area (Å²) in [7, 11) is -3.61. The molecule has 0 aromatic heterocycles. The molecule has 0 fully saturated rings. The van der Waals surface area contributed by atoms with E-state index in [0.29, 0.717) is 0 Å². The number of hydrogen-bond acceptors (Lipinski definition) is 3. The summed E-state index contributed by atoms with van der Waals surface area (Å²) in [6.07, 6.45) is 0. The van der Waals surface area contributed by atoms with Crippen molar-refractivity contribution in [2.75, 3.05) is 13.1 Å². The number of benzene rings is 1. The number of halogens is 3. The van der Waals surface area contributed by atoms with Gasteiger partial charge in [-0.1, -0.05) is 0 Å². The molecule has 0 saturated carbocycles. The SMILES string of the molecule is Cl.NCCNS(=O)(=O)c1ccc(F)cc1Br. The second-order valence-electron chi connectivity index (χ2n) is 2.76. The third-order valence-electron chi connectivity index (χ3n) is 1.62. The molecular formula is C8H11BrClFN2O2S. The van der Waals surface area contributed by atoms with Gasteiger partial charge in [-0.05, 0) is 34.1 Å². The normalized spacial score (nSPS) is 10.9. The molecule has 0 aliphatic heterocycles. The monoisotopic (exact) mass is 332 g/mol. The Balaban J connectivity index is 0.00000225. The van der Waals surface area contributed by atoms with Gasteiger partial charge in [0.2, 0.25) is 10.0 Å². The second-order valence-corrected chi connectivity index (χ2v) is 5.35. The van der Waals surface area contributed by atoms with Crippen LogP contribution in [0.5, 0.6) is 0 Å². The van der Waals surface area contributed by atoms with Crippen molar-refractivity contribution < 1.29 is 12.8 Å². The van der Waals surface area contributed by atoms with Crippen molar-refractivity contribution >= 4 is 38.4 Å². The average Bonchev–Trinajstić information content (AvgIpc) is 2.14. The maximum Gasteiger partial charge on any atom is 0.241 e. The van der Waals surface area contributed by atoms with Crippen LogP contribution in [-0.4, -0.2) is 21.5 Å². The highest BCUT2D eigenvalue weighted by molar-refractivity contribution is 9.10. The Labute approximate surface area is 108 Å². The molecule has 92 valence electrons. The average molecular weight is 334 g/mol. The van der Waals surface area contributed by atoms with Gasteiger partial charge in [0.05, 0.1) is 4.90 Å². The van der Waals surface area contributed by atoms with Gasteiger partial charge in [-0.15, -0.1) is 12.4 Å². The summed E-state index contributed by atoms with van der Waals surface area (Å²) in [6, 6.07) is 3.37. The highest BCUT2D eigenvalue weighted by Crippen LogP contribution is 2.22. The van der Waals surface area contributed by atoms with Crippen molar-refractivity contribution in [3.63, 3.8) is 0 Å². The van der Waals surface area contributed by atoms with E-state index in [0.717, 1.165) is 12.1 Å². The fourth-order valence-corrected chi connectivity index (χ4v) is 3.06. The molecular weight excluding hydrogens is 323 g/mol. The van der Waals surface area contributed by atoms with E-state index < -0.39 is 15.8 Å². The quantitative estimate of drug-likeness (QED) is 0.871. The van der Waals surface area contributed by atoms with Gasteiger partial charge in [-0.3, -0.25) is 0 Å². The molecule has 0 aliphatic carbocycles. The van der Waals surface area contributed by atoms with E-state index in [9.17, 15) is 12.8 Å². The lowest BCUT2D eigenvalue weighted by Gasteiger charge is -2.07. The molecule has 0 saturated heterocycles. The van der Waals surface area contributed by atoms with E-state index in [-0.39, 0.29) is 34.9 Å². The molecule has 8 heteroatoms. The highest BCUT2D eigenvalue weighted by Gasteiger charge is 2.16. The molecule has 0 aliphatic rings. The lowest BCUT2D eigenvalue weighted by Crippen LogP contribution is -2.29. The molecule has 1 rings (SSSR count). The van der Waals surface area contributed by atoms with Crippen molar-refractivity contribution in [3.05, 3.63) is 28.5 Å². The first-order chi connectivity index (χ1) is 6.97. The smallest absolute Gasteiger partial charge is 0.241 e. The summed E-state index contributed by atoms with van der Waals surface area (Å²) < 4.78 is 38.4. The second kappa shape index (κ2) is 6.51. The lowest BCUT2D eigenvalue weighted by molar-refractivity contribution is 0.580. The Morgan fingerprint density at radius 1 is 1.44 bits per heavy atom. The number of sulfonamides is 1. The number of nitrogens with two attached hydrogens (primary N) is 1. The first-order valence-corrected chi connectivity index (χ1v) is 6.40. The van der Waals surface area contributed by atoms with Crippen molar-refractivity contribution in [2.45, 2.75) is 4.90 Å². The van der Waals surface area contributed by atoms with E-state index in [1.54, 1.807) is 0 Å². The van der Waals surface area contributed by atoms with Crippen LogP contribution in [0.25, 0.3) is 0 Å². The van der Waals surface area contributed by atoms with Crippen molar-refractivity contribution in [1.29, 1.82) is 0 Å². The van der Waals surface area contributed by atoms with E-state index in [4.69, 9.17) is 5.73 Å². The van der Waals surface area contributed by atoms with Gasteiger partial charge in [0.15, 0.2) is 0 Å². The van der Waals surface area contributed by atoms with E-state index in [2.05, 4.69) is 20.7 Å². The summed E-state index contributed by atoms with van der Waals surface area (Å²) in [5, 5.41) is 0. The van der Waals surface area contributed by atoms with Gasteiger partial charge >= 0.3 is 0 Å². The zero-order valence-corrected chi connectivity index (χ0v) is 11.3. The van der Waals surface area contributed by atoms with E-state index in [1.165, 1.54) is 6.07 Å². The van der Waals surface area contributed by atoms with Crippen LogP contribution < -0.4 is 10.5 Å². The van der Waals surface area contributed by atoms with Crippen LogP contribution in [0.15, 0.2) is 27.6 Å². The fraction of sp³-hybridized carbons (Fsp3) is 0.250. The van der Waals surface area contributed by atoms with Crippen LogP contribution in [0.2, 0.25) is 0 Å². The third kappa shape index (κ3) is 3.99. The van der Waals surface area contributed by atoms with Crippen LogP contribution in [0.1, 0.15) is 0 Å². The maximum absolute atomic E-state index is 12.7. The topological polar surface area (TPSA) is 72.2 Å². The Kier molecular flexibility index (Phi) is 6.42. The van der Waals surface area contributed by atoms with Crippen LogP contribution in [0.4, 0.5) is 4.39 Å². The molecule has 1 aromatic rings. The first kappa shape index (κ1) is 15.8. The predicted octanol–water partition coefficient (Wildman–Crippen LogP) is 1.25. The van der Waals surface area contributed by atoms with Crippen LogP contribution in [0, 0.1) is 5.82 Å². The van der Waals surface area contributed by atoms with Gasteiger partial charge in [-0.2, -0.15) is 0 Å². The molecule has 0 unspecified atom stereocenters. The third-order valence-corrected chi connectivity index (χ3v) is 4.06. The Morgan fingerprint density at radius 3 is 2.56 bits per heavy atom. The molecule has 4 nitrogen and oxygen atoms in total. The Bertz CT molecular complexity index is 455. The first-order valence-electron chi connectivity index (χ1n) is 4.12. The standard InChI is InChI=1S/C8H10BrFN2O2S.ClH/c9-7-5-6(10)1-2-8(7)15(13,14)12-4-3-11;/h1-2,5,12H,3-4,11H2;1H. The predicted molar refractivity (Wildman–Crippen MR) is 65.6 cm³/mol. The van der Waals surface area contributed by atoms with Gasteiger partial charge in [0, 0.05) is 17.6 Å². The molecule has 0 heterocycles.